The van der Waals surface area contributed by atoms with Gasteiger partial charge in [-0.25, -0.2) is 8.78 Å². The van der Waals surface area contributed by atoms with E-state index in [4.69, 9.17) is 11.6 Å². The zero-order valence-corrected chi connectivity index (χ0v) is 10.4. The highest BCUT2D eigenvalue weighted by molar-refractivity contribution is 6.30. The van der Waals surface area contributed by atoms with E-state index >= 15 is 0 Å². The Kier molecular flexibility index (Phi) is 3.64. The first-order valence-corrected chi connectivity index (χ1v) is 5.76. The van der Waals surface area contributed by atoms with Crippen LogP contribution < -0.4 is 0 Å². The molecule has 0 aliphatic carbocycles. The van der Waals surface area contributed by atoms with Crippen molar-refractivity contribution >= 4 is 11.6 Å². The van der Waals surface area contributed by atoms with E-state index in [0.717, 1.165) is 17.7 Å². The van der Waals surface area contributed by atoms with Gasteiger partial charge in [-0.05, 0) is 42.3 Å². The lowest BCUT2D eigenvalue weighted by Crippen LogP contribution is -2.06. The van der Waals surface area contributed by atoms with Crippen LogP contribution in [0.2, 0.25) is 5.02 Å². The van der Waals surface area contributed by atoms with Crippen molar-refractivity contribution in [2.45, 2.75) is 13.0 Å². The van der Waals surface area contributed by atoms with E-state index in [1.807, 2.05) is 0 Å². The lowest BCUT2D eigenvalue weighted by Gasteiger charge is -2.14. The minimum atomic E-state index is -1.37. The molecule has 2 aromatic rings. The van der Waals surface area contributed by atoms with Gasteiger partial charge in [-0.1, -0.05) is 23.7 Å². The summed E-state index contributed by atoms with van der Waals surface area (Å²) in [6.07, 6.45) is -1.37. The molecule has 0 heterocycles. The number of aliphatic hydroxyl groups is 1. The van der Waals surface area contributed by atoms with Gasteiger partial charge in [0.15, 0.2) is 0 Å². The van der Waals surface area contributed by atoms with Gasteiger partial charge in [-0.15, -0.1) is 0 Å². The van der Waals surface area contributed by atoms with Crippen LogP contribution >= 0.6 is 11.6 Å². The summed E-state index contributed by atoms with van der Waals surface area (Å²) < 4.78 is 27.1. The molecule has 0 aliphatic rings. The molecule has 1 unspecified atom stereocenters. The van der Waals surface area contributed by atoms with Crippen molar-refractivity contribution in [1.82, 2.24) is 0 Å². The fraction of sp³-hybridized carbons (Fsp3) is 0.143. The molecular weight excluding hydrogens is 258 g/mol. The predicted octanol–water partition coefficient (Wildman–Crippen LogP) is 4.01. The van der Waals surface area contributed by atoms with Crippen LogP contribution in [-0.4, -0.2) is 5.11 Å². The summed E-state index contributed by atoms with van der Waals surface area (Å²) in [5.74, 6) is -1.56. The Morgan fingerprint density at radius 1 is 1.11 bits per heavy atom. The summed E-state index contributed by atoms with van der Waals surface area (Å²) in [4.78, 5) is 0. The molecule has 0 bridgehead atoms. The SMILES string of the molecule is Cc1cc(Cl)cc(C(O)c2c(F)cccc2F)c1. The van der Waals surface area contributed by atoms with Crippen molar-refractivity contribution in [3.63, 3.8) is 0 Å². The summed E-state index contributed by atoms with van der Waals surface area (Å²) in [7, 11) is 0. The summed E-state index contributed by atoms with van der Waals surface area (Å²) in [5.41, 5.74) is 0.816. The van der Waals surface area contributed by atoms with E-state index in [1.54, 1.807) is 19.1 Å². The van der Waals surface area contributed by atoms with Gasteiger partial charge in [-0.2, -0.15) is 0 Å². The average Bonchev–Trinajstić information content (AvgIpc) is 2.27. The monoisotopic (exact) mass is 268 g/mol. The standard InChI is InChI=1S/C14H11ClF2O/c1-8-5-9(7-10(15)6-8)14(18)13-11(16)3-2-4-12(13)17/h2-7,14,18H,1H3. The number of benzene rings is 2. The molecule has 2 rings (SSSR count). The van der Waals surface area contributed by atoms with Crippen LogP contribution in [0.3, 0.4) is 0 Å². The van der Waals surface area contributed by atoms with Gasteiger partial charge in [0.1, 0.15) is 17.7 Å². The van der Waals surface area contributed by atoms with Crippen molar-refractivity contribution in [2.75, 3.05) is 0 Å². The van der Waals surface area contributed by atoms with Crippen molar-refractivity contribution in [3.8, 4) is 0 Å². The number of rotatable bonds is 2. The lowest BCUT2D eigenvalue weighted by molar-refractivity contribution is 0.209. The Bertz CT molecular complexity index is 544. The number of aliphatic hydroxyl groups excluding tert-OH is 1. The van der Waals surface area contributed by atoms with Gasteiger partial charge in [0.05, 0.1) is 5.56 Å². The molecule has 0 saturated heterocycles. The first kappa shape index (κ1) is 13.0. The fourth-order valence-corrected chi connectivity index (χ4v) is 2.16. The topological polar surface area (TPSA) is 20.2 Å². The fourth-order valence-electron chi connectivity index (χ4n) is 1.86. The van der Waals surface area contributed by atoms with Gasteiger partial charge in [0, 0.05) is 5.02 Å². The molecular formula is C14H11ClF2O. The van der Waals surface area contributed by atoms with Crippen molar-refractivity contribution in [2.24, 2.45) is 0 Å². The Hall–Kier alpha value is -1.45. The van der Waals surface area contributed by atoms with Crippen LogP contribution in [0.15, 0.2) is 36.4 Å². The molecule has 0 amide bonds. The average molecular weight is 269 g/mol. The first-order valence-electron chi connectivity index (χ1n) is 5.38. The molecule has 1 nitrogen and oxygen atoms in total. The summed E-state index contributed by atoms with van der Waals surface area (Å²) >= 11 is 5.86. The minimum absolute atomic E-state index is 0.362. The summed E-state index contributed by atoms with van der Waals surface area (Å²) in [6.45, 7) is 1.79. The largest absolute Gasteiger partial charge is 0.383 e. The number of hydrogen-bond donors (Lipinski definition) is 1. The Morgan fingerprint density at radius 2 is 1.72 bits per heavy atom. The maximum atomic E-state index is 13.6. The number of halogens is 3. The van der Waals surface area contributed by atoms with Crippen LogP contribution in [0.1, 0.15) is 22.8 Å². The van der Waals surface area contributed by atoms with Gasteiger partial charge in [0.25, 0.3) is 0 Å². The van der Waals surface area contributed by atoms with Gasteiger partial charge in [0.2, 0.25) is 0 Å². The van der Waals surface area contributed by atoms with Gasteiger partial charge < -0.3 is 5.11 Å². The van der Waals surface area contributed by atoms with E-state index in [-0.39, 0.29) is 5.56 Å². The highest BCUT2D eigenvalue weighted by Gasteiger charge is 2.19. The molecule has 1 N–H and O–H groups in total. The van der Waals surface area contributed by atoms with Crippen molar-refractivity contribution < 1.29 is 13.9 Å². The van der Waals surface area contributed by atoms with E-state index < -0.39 is 17.7 Å². The molecule has 0 aliphatic heterocycles. The van der Waals surface area contributed by atoms with Crippen LogP contribution in [0.25, 0.3) is 0 Å². The van der Waals surface area contributed by atoms with Crippen molar-refractivity contribution in [3.05, 3.63) is 69.7 Å². The highest BCUT2D eigenvalue weighted by Crippen LogP contribution is 2.29. The van der Waals surface area contributed by atoms with E-state index in [1.165, 1.54) is 12.1 Å². The summed E-state index contributed by atoms with van der Waals surface area (Å²) in [5, 5.41) is 10.5. The van der Waals surface area contributed by atoms with Crippen LogP contribution in [0.5, 0.6) is 0 Å². The quantitative estimate of drug-likeness (QED) is 0.873. The third-order valence-corrected chi connectivity index (χ3v) is 2.87. The Labute approximate surface area is 109 Å². The van der Waals surface area contributed by atoms with E-state index in [2.05, 4.69) is 0 Å². The normalized spacial score (nSPS) is 12.5. The molecule has 0 fully saturated rings. The first-order chi connectivity index (χ1) is 8.49. The van der Waals surface area contributed by atoms with Crippen LogP contribution in [0, 0.1) is 18.6 Å². The molecule has 2 aromatic carbocycles. The van der Waals surface area contributed by atoms with Crippen LogP contribution in [-0.2, 0) is 0 Å². The number of aryl methyl sites for hydroxylation is 1. The minimum Gasteiger partial charge on any atom is -0.383 e. The zero-order chi connectivity index (χ0) is 13.3. The molecule has 0 aromatic heterocycles. The predicted molar refractivity (Wildman–Crippen MR) is 66.6 cm³/mol. The maximum absolute atomic E-state index is 13.6. The highest BCUT2D eigenvalue weighted by atomic mass is 35.5. The molecule has 0 spiro atoms. The van der Waals surface area contributed by atoms with Crippen molar-refractivity contribution in [1.29, 1.82) is 0 Å². The molecule has 0 saturated carbocycles. The van der Waals surface area contributed by atoms with Gasteiger partial charge in [-0.3, -0.25) is 0 Å². The maximum Gasteiger partial charge on any atom is 0.132 e. The molecule has 0 radical (unpaired) electrons. The Balaban J connectivity index is 2.51. The third kappa shape index (κ3) is 2.52. The zero-order valence-electron chi connectivity index (χ0n) is 9.62. The number of hydrogen-bond acceptors (Lipinski definition) is 1. The van der Waals surface area contributed by atoms with Crippen LogP contribution in [0.4, 0.5) is 8.78 Å². The van der Waals surface area contributed by atoms with E-state index in [9.17, 15) is 13.9 Å². The second kappa shape index (κ2) is 5.04. The second-order valence-corrected chi connectivity index (χ2v) is 4.54. The smallest absolute Gasteiger partial charge is 0.132 e. The van der Waals surface area contributed by atoms with Gasteiger partial charge >= 0.3 is 0 Å². The lowest BCUT2D eigenvalue weighted by atomic mass is 9.99. The molecule has 4 heteroatoms. The molecule has 1 atom stereocenters. The molecule has 94 valence electrons. The third-order valence-electron chi connectivity index (χ3n) is 2.65. The van der Waals surface area contributed by atoms with E-state index in [0.29, 0.717) is 10.6 Å². The Morgan fingerprint density at radius 3 is 2.28 bits per heavy atom. The molecule has 18 heavy (non-hydrogen) atoms. The second-order valence-electron chi connectivity index (χ2n) is 4.10. The summed E-state index contributed by atoms with van der Waals surface area (Å²) in [6, 6.07) is 8.31.